The van der Waals surface area contributed by atoms with Crippen LogP contribution in [0.5, 0.6) is 0 Å². The number of rotatable bonds is 11. The highest BCUT2D eigenvalue weighted by Gasteiger charge is 2.32. The van der Waals surface area contributed by atoms with Crippen LogP contribution < -0.4 is 9.62 Å². The Hall–Kier alpha value is -4.32. The van der Waals surface area contributed by atoms with E-state index >= 15 is 0 Å². The van der Waals surface area contributed by atoms with Crippen molar-refractivity contribution in [3.8, 4) is 0 Å². The molecular formula is C26H27FN4O6S. The number of nitrogens with one attached hydrogen (secondary N) is 1. The summed E-state index contributed by atoms with van der Waals surface area (Å²) in [5, 5.41) is 13.8. The number of nitrogens with zero attached hydrogens (tertiary/aromatic N) is 3. The van der Waals surface area contributed by atoms with Gasteiger partial charge < -0.3 is 10.2 Å². The zero-order chi connectivity index (χ0) is 27.9. The smallest absolute Gasteiger partial charge is 0.269 e. The zero-order valence-corrected chi connectivity index (χ0v) is 21.6. The van der Waals surface area contributed by atoms with E-state index < -0.39 is 45.2 Å². The molecular weight excluding hydrogens is 515 g/mol. The molecule has 10 nitrogen and oxygen atoms in total. The lowest BCUT2D eigenvalue weighted by molar-refractivity contribution is -0.384. The van der Waals surface area contributed by atoms with Gasteiger partial charge in [-0.1, -0.05) is 30.3 Å². The summed E-state index contributed by atoms with van der Waals surface area (Å²) in [4.78, 5) is 37.9. The number of hydrogen-bond donors (Lipinski definition) is 1. The van der Waals surface area contributed by atoms with Crippen LogP contribution in [0.2, 0.25) is 0 Å². The SMILES string of the molecule is CCNC(=O)[C@@H](C)N(Cc1ccc(F)cc1)C(=O)CN(c1ccc([N+](=O)[O-])cc1)S(=O)(=O)c1ccccc1. The molecule has 12 heteroatoms. The molecule has 0 unspecified atom stereocenters. The minimum Gasteiger partial charge on any atom is -0.355 e. The van der Waals surface area contributed by atoms with Crippen LogP contribution in [0.15, 0.2) is 83.8 Å². The second kappa shape index (κ2) is 12.3. The molecule has 38 heavy (non-hydrogen) atoms. The van der Waals surface area contributed by atoms with Crippen LogP contribution in [-0.4, -0.2) is 49.2 Å². The summed E-state index contributed by atoms with van der Waals surface area (Å²) in [6, 6.07) is 16.6. The number of sulfonamides is 1. The normalized spacial score (nSPS) is 11.9. The van der Waals surface area contributed by atoms with Gasteiger partial charge in [0, 0.05) is 25.2 Å². The van der Waals surface area contributed by atoms with Crippen molar-refractivity contribution in [2.45, 2.75) is 31.3 Å². The maximum atomic E-state index is 13.7. The van der Waals surface area contributed by atoms with Gasteiger partial charge in [0.1, 0.15) is 18.4 Å². The van der Waals surface area contributed by atoms with Gasteiger partial charge in [0.15, 0.2) is 0 Å². The second-order valence-electron chi connectivity index (χ2n) is 8.32. The zero-order valence-electron chi connectivity index (χ0n) is 20.8. The molecule has 3 rings (SSSR count). The average Bonchev–Trinajstić information content (AvgIpc) is 2.91. The van der Waals surface area contributed by atoms with Crippen molar-refractivity contribution < 1.29 is 27.3 Å². The highest BCUT2D eigenvalue weighted by molar-refractivity contribution is 7.92. The number of likely N-dealkylation sites (N-methyl/N-ethyl adjacent to an activating group) is 1. The van der Waals surface area contributed by atoms with Crippen LogP contribution in [0.25, 0.3) is 0 Å². The number of amides is 2. The molecule has 3 aromatic rings. The van der Waals surface area contributed by atoms with Crippen molar-refractivity contribution in [1.29, 1.82) is 0 Å². The standard InChI is InChI=1S/C26H27FN4O6S/c1-3-28-26(33)19(2)29(17-20-9-11-21(27)12-10-20)25(32)18-30(22-13-15-23(16-14-22)31(34)35)38(36,37)24-7-5-4-6-8-24/h4-16,19H,3,17-18H2,1-2H3,(H,28,33)/t19-/m1/s1. The van der Waals surface area contributed by atoms with Crippen molar-refractivity contribution in [3.63, 3.8) is 0 Å². The fourth-order valence-corrected chi connectivity index (χ4v) is 5.12. The van der Waals surface area contributed by atoms with Gasteiger partial charge in [-0.25, -0.2) is 12.8 Å². The van der Waals surface area contributed by atoms with Crippen LogP contribution in [-0.2, 0) is 26.2 Å². The minimum absolute atomic E-state index is 0.0280. The molecule has 0 bridgehead atoms. The summed E-state index contributed by atoms with van der Waals surface area (Å²) in [7, 11) is -4.28. The Morgan fingerprint density at radius 3 is 2.16 bits per heavy atom. The first kappa shape index (κ1) is 28.3. The third-order valence-electron chi connectivity index (χ3n) is 5.74. The predicted octanol–water partition coefficient (Wildman–Crippen LogP) is 3.48. The maximum absolute atomic E-state index is 13.7. The molecule has 2 amide bonds. The van der Waals surface area contributed by atoms with Crippen molar-refractivity contribution in [2.75, 3.05) is 17.4 Å². The van der Waals surface area contributed by atoms with Crippen molar-refractivity contribution in [1.82, 2.24) is 10.2 Å². The average molecular weight is 543 g/mol. The molecule has 0 heterocycles. The molecule has 1 atom stereocenters. The molecule has 200 valence electrons. The fraction of sp³-hybridized carbons (Fsp3) is 0.231. The highest BCUT2D eigenvalue weighted by atomic mass is 32.2. The van der Waals surface area contributed by atoms with Gasteiger partial charge >= 0.3 is 0 Å². The molecule has 0 aliphatic carbocycles. The van der Waals surface area contributed by atoms with Gasteiger partial charge in [-0.3, -0.25) is 24.0 Å². The van der Waals surface area contributed by atoms with Crippen LogP contribution in [0, 0.1) is 15.9 Å². The largest absolute Gasteiger partial charge is 0.355 e. The quantitative estimate of drug-likeness (QED) is 0.292. The molecule has 0 aliphatic heterocycles. The van der Waals surface area contributed by atoms with Crippen molar-refractivity contribution in [2.24, 2.45) is 0 Å². The van der Waals surface area contributed by atoms with E-state index in [1.54, 1.807) is 13.0 Å². The molecule has 0 saturated carbocycles. The van der Waals surface area contributed by atoms with Gasteiger partial charge in [0.2, 0.25) is 11.8 Å². The van der Waals surface area contributed by atoms with E-state index in [-0.39, 0.29) is 22.8 Å². The first-order valence-electron chi connectivity index (χ1n) is 11.7. The van der Waals surface area contributed by atoms with E-state index in [9.17, 15) is 32.5 Å². The van der Waals surface area contributed by atoms with Gasteiger partial charge in [-0.2, -0.15) is 0 Å². The molecule has 3 aromatic carbocycles. The van der Waals surface area contributed by atoms with Crippen molar-refractivity contribution >= 4 is 33.2 Å². The highest BCUT2D eigenvalue weighted by Crippen LogP contribution is 2.26. The minimum atomic E-state index is -4.28. The number of anilines is 1. The number of carbonyl (C=O) groups excluding carboxylic acids is 2. The molecule has 0 spiro atoms. The lowest BCUT2D eigenvalue weighted by Gasteiger charge is -2.32. The summed E-state index contributed by atoms with van der Waals surface area (Å²) < 4.78 is 41.5. The summed E-state index contributed by atoms with van der Waals surface area (Å²) >= 11 is 0. The number of halogens is 1. The maximum Gasteiger partial charge on any atom is 0.269 e. The lowest BCUT2D eigenvalue weighted by atomic mass is 10.1. The summed E-state index contributed by atoms with van der Waals surface area (Å²) in [5.74, 6) is -1.62. The summed E-state index contributed by atoms with van der Waals surface area (Å²) in [5.41, 5.74) is 0.309. The van der Waals surface area contributed by atoms with E-state index in [1.807, 2.05) is 0 Å². The number of non-ortho nitro benzene ring substituents is 1. The number of nitro groups is 1. The molecule has 1 N–H and O–H groups in total. The summed E-state index contributed by atoms with van der Waals surface area (Å²) in [6.45, 7) is 2.77. The Kier molecular flexibility index (Phi) is 9.13. The van der Waals surface area contributed by atoms with E-state index in [0.717, 1.165) is 16.4 Å². The van der Waals surface area contributed by atoms with E-state index in [2.05, 4.69) is 5.32 Å². The number of carbonyl (C=O) groups is 2. The van der Waals surface area contributed by atoms with E-state index in [1.165, 1.54) is 72.5 Å². The first-order valence-corrected chi connectivity index (χ1v) is 13.1. The Morgan fingerprint density at radius 2 is 1.61 bits per heavy atom. The predicted molar refractivity (Wildman–Crippen MR) is 139 cm³/mol. The third kappa shape index (κ3) is 6.71. The Balaban J connectivity index is 2.03. The van der Waals surface area contributed by atoms with Crippen LogP contribution >= 0.6 is 0 Å². The number of benzene rings is 3. The fourth-order valence-electron chi connectivity index (χ4n) is 3.68. The summed E-state index contributed by atoms with van der Waals surface area (Å²) in [6.07, 6.45) is 0. The Morgan fingerprint density at radius 1 is 1.00 bits per heavy atom. The van der Waals surface area contributed by atoms with Gasteiger partial charge in [-0.05, 0) is 55.8 Å². The van der Waals surface area contributed by atoms with Crippen molar-refractivity contribution in [3.05, 3.63) is 100 Å². The molecule has 0 aliphatic rings. The molecule has 0 radical (unpaired) electrons. The van der Waals surface area contributed by atoms with Gasteiger partial charge in [0.25, 0.3) is 15.7 Å². The third-order valence-corrected chi connectivity index (χ3v) is 7.53. The number of nitro benzene ring substituents is 1. The second-order valence-corrected chi connectivity index (χ2v) is 10.2. The van der Waals surface area contributed by atoms with Gasteiger partial charge in [0.05, 0.1) is 15.5 Å². The van der Waals surface area contributed by atoms with Crippen LogP contribution in [0.1, 0.15) is 19.4 Å². The molecule has 0 fully saturated rings. The van der Waals surface area contributed by atoms with Gasteiger partial charge in [-0.15, -0.1) is 0 Å². The van der Waals surface area contributed by atoms with E-state index in [4.69, 9.17) is 0 Å². The Labute approximate surface area is 219 Å². The molecule has 0 saturated heterocycles. The Bertz CT molecular complexity index is 1380. The van der Waals surface area contributed by atoms with Crippen LogP contribution in [0.4, 0.5) is 15.8 Å². The molecule has 0 aromatic heterocycles. The lowest BCUT2D eigenvalue weighted by Crippen LogP contribution is -2.51. The number of hydrogen-bond acceptors (Lipinski definition) is 6. The topological polar surface area (TPSA) is 130 Å². The van der Waals surface area contributed by atoms with Crippen LogP contribution in [0.3, 0.4) is 0 Å². The van der Waals surface area contributed by atoms with E-state index in [0.29, 0.717) is 12.1 Å². The monoisotopic (exact) mass is 542 g/mol. The first-order chi connectivity index (χ1) is 18.0.